The van der Waals surface area contributed by atoms with Crippen molar-refractivity contribution in [2.24, 2.45) is 5.92 Å². The van der Waals surface area contributed by atoms with E-state index < -0.39 is 0 Å². The Hall–Kier alpha value is -1.26. The van der Waals surface area contributed by atoms with E-state index in [1.165, 1.54) is 4.90 Å². The van der Waals surface area contributed by atoms with Crippen LogP contribution in [0, 0.1) is 5.92 Å². The topological polar surface area (TPSA) is 40.0 Å². The van der Waals surface area contributed by atoms with E-state index in [-0.39, 0.29) is 11.9 Å². The standard InChI is InChI=1S/C17H24ClNO3/c1-2-21-17(20)14-6-4-9-19(13-14)10-5-11-22-16-8-3-7-15(18)12-16/h3,7-8,12,14H,2,4-6,9-11,13H2,1H3/p+1/t14-/m0/s1. The number of benzene rings is 1. The van der Waals surface area contributed by atoms with Gasteiger partial charge in [0.25, 0.3) is 0 Å². The van der Waals surface area contributed by atoms with Crippen molar-refractivity contribution in [2.45, 2.75) is 26.2 Å². The van der Waals surface area contributed by atoms with Crippen LogP contribution in [-0.4, -0.2) is 38.8 Å². The van der Waals surface area contributed by atoms with Gasteiger partial charge in [-0.25, -0.2) is 0 Å². The van der Waals surface area contributed by atoms with E-state index >= 15 is 0 Å². The number of rotatable bonds is 7. The third-order valence-corrected chi connectivity index (χ3v) is 4.21. The van der Waals surface area contributed by atoms with Crippen LogP contribution in [0.4, 0.5) is 0 Å². The molecule has 22 heavy (non-hydrogen) atoms. The number of halogens is 1. The van der Waals surface area contributed by atoms with Crippen LogP contribution in [0.25, 0.3) is 0 Å². The van der Waals surface area contributed by atoms with Gasteiger partial charge in [0.1, 0.15) is 11.7 Å². The molecule has 0 aliphatic carbocycles. The minimum atomic E-state index is -0.0325. The third-order valence-electron chi connectivity index (χ3n) is 3.98. The van der Waals surface area contributed by atoms with Crippen molar-refractivity contribution in [3.05, 3.63) is 29.3 Å². The lowest BCUT2D eigenvalue weighted by Crippen LogP contribution is -3.13. The van der Waals surface area contributed by atoms with E-state index in [4.69, 9.17) is 21.1 Å². The Bertz CT molecular complexity index is 481. The molecule has 2 atom stereocenters. The minimum Gasteiger partial charge on any atom is -0.493 e. The molecule has 0 radical (unpaired) electrons. The maximum absolute atomic E-state index is 11.8. The number of likely N-dealkylation sites (tertiary alicyclic amines) is 1. The first kappa shape index (κ1) is 17.1. The largest absolute Gasteiger partial charge is 0.493 e. The normalized spacial score (nSPS) is 21.4. The molecule has 5 heteroatoms. The lowest BCUT2D eigenvalue weighted by molar-refractivity contribution is -0.907. The Morgan fingerprint density at radius 2 is 2.32 bits per heavy atom. The van der Waals surface area contributed by atoms with Crippen molar-refractivity contribution in [1.29, 1.82) is 0 Å². The number of ether oxygens (including phenoxy) is 2. The Labute approximate surface area is 137 Å². The number of hydrogen-bond donors (Lipinski definition) is 1. The van der Waals surface area contributed by atoms with Crippen molar-refractivity contribution >= 4 is 17.6 Å². The molecule has 1 aromatic rings. The summed E-state index contributed by atoms with van der Waals surface area (Å²) in [5.41, 5.74) is 0. The van der Waals surface area contributed by atoms with Gasteiger partial charge in [0.15, 0.2) is 0 Å². The molecule has 1 N–H and O–H groups in total. The van der Waals surface area contributed by atoms with E-state index in [2.05, 4.69) is 0 Å². The molecule has 0 spiro atoms. The monoisotopic (exact) mass is 326 g/mol. The minimum absolute atomic E-state index is 0.0325. The maximum atomic E-state index is 11.8. The van der Waals surface area contributed by atoms with Crippen molar-refractivity contribution in [1.82, 2.24) is 0 Å². The second kappa shape index (κ2) is 9.01. The number of carbonyl (C=O) groups excluding carboxylic acids is 1. The average molecular weight is 327 g/mol. The highest BCUT2D eigenvalue weighted by Crippen LogP contribution is 2.17. The van der Waals surface area contributed by atoms with Crippen LogP contribution < -0.4 is 9.64 Å². The summed E-state index contributed by atoms with van der Waals surface area (Å²) < 4.78 is 10.8. The molecule has 1 saturated heterocycles. The van der Waals surface area contributed by atoms with Crippen LogP contribution in [0.15, 0.2) is 24.3 Å². The fourth-order valence-corrected chi connectivity index (χ4v) is 3.09. The summed E-state index contributed by atoms with van der Waals surface area (Å²) in [7, 11) is 0. The van der Waals surface area contributed by atoms with Crippen LogP contribution in [0.3, 0.4) is 0 Å². The summed E-state index contributed by atoms with van der Waals surface area (Å²) >= 11 is 5.92. The van der Waals surface area contributed by atoms with Gasteiger partial charge in [-0.05, 0) is 38.0 Å². The van der Waals surface area contributed by atoms with Gasteiger partial charge in [-0.15, -0.1) is 0 Å². The summed E-state index contributed by atoms with van der Waals surface area (Å²) in [6.45, 7) is 6.05. The molecule has 122 valence electrons. The predicted molar refractivity (Wildman–Crippen MR) is 86.5 cm³/mol. The highest BCUT2D eigenvalue weighted by molar-refractivity contribution is 6.30. The third kappa shape index (κ3) is 5.50. The number of carbonyl (C=O) groups is 1. The highest BCUT2D eigenvalue weighted by atomic mass is 35.5. The van der Waals surface area contributed by atoms with Crippen molar-refractivity contribution in [2.75, 3.05) is 32.8 Å². The molecular formula is C17H25ClNO3+. The summed E-state index contributed by atoms with van der Waals surface area (Å²) in [6, 6.07) is 7.46. The summed E-state index contributed by atoms with van der Waals surface area (Å²) in [6.07, 6.45) is 3.02. The van der Waals surface area contributed by atoms with Gasteiger partial charge in [-0.3, -0.25) is 4.79 Å². The quantitative estimate of drug-likeness (QED) is 0.615. The summed E-state index contributed by atoms with van der Waals surface area (Å²) in [5, 5.41) is 0.691. The van der Waals surface area contributed by atoms with E-state index in [1.807, 2.05) is 31.2 Å². The zero-order chi connectivity index (χ0) is 15.8. The van der Waals surface area contributed by atoms with Crippen LogP contribution in [0.1, 0.15) is 26.2 Å². The van der Waals surface area contributed by atoms with Crippen molar-refractivity contribution in [3.8, 4) is 5.75 Å². The smallest absolute Gasteiger partial charge is 0.314 e. The van der Waals surface area contributed by atoms with Gasteiger partial charge in [0, 0.05) is 11.4 Å². The van der Waals surface area contributed by atoms with Crippen LogP contribution in [-0.2, 0) is 9.53 Å². The van der Waals surface area contributed by atoms with Gasteiger partial charge in [-0.2, -0.15) is 0 Å². The van der Waals surface area contributed by atoms with Gasteiger partial charge < -0.3 is 14.4 Å². The van der Waals surface area contributed by atoms with Gasteiger partial charge in [0.2, 0.25) is 0 Å². The first-order valence-corrected chi connectivity index (χ1v) is 8.45. The molecule has 1 aromatic carbocycles. The molecule has 2 rings (SSSR count). The SMILES string of the molecule is CCOC(=O)[C@H]1CCC[NH+](CCCOc2cccc(Cl)c2)C1. The second-order valence-corrected chi connectivity index (χ2v) is 6.14. The number of esters is 1. The van der Waals surface area contributed by atoms with E-state index in [0.717, 1.165) is 44.6 Å². The molecule has 1 heterocycles. The molecule has 1 unspecified atom stereocenters. The van der Waals surface area contributed by atoms with E-state index in [0.29, 0.717) is 18.2 Å². The molecule has 4 nitrogen and oxygen atoms in total. The molecule has 0 bridgehead atoms. The van der Waals surface area contributed by atoms with Crippen molar-refractivity contribution in [3.63, 3.8) is 0 Å². The first-order chi connectivity index (χ1) is 10.7. The fourth-order valence-electron chi connectivity index (χ4n) is 2.91. The number of nitrogens with one attached hydrogen (secondary N) is 1. The number of quaternary nitrogens is 1. The lowest BCUT2D eigenvalue weighted by Gasteiger charge is -2.28. The lowest BCUT2D eigenvalue weighted by atomic mass is 9.98. The molecule has 1 fully saturated rings. The van der Waals surface area contributed by atoms with Gasteiger partial charge in [0.05, 0.1) is 32.8 Å². The van der Waals surface area contributed by atoms with Crippen LogP contribution >= 0.6 is 11.6 Å². The predicted octanol–water partition coefficient (Wildman–Crippen LogP) is 1.97. The molecule has 0 aromatic heterocycles. The molecular weight excluding hydrogens is 302 g/mol. The summed E-state index contributed by atoms with van der Waals surface area (Å²) in [4.78, 5) is 13.3. The van der Waals surface area contributed by atoms with E-state index in [9.17, 15) is 4.79 Å². The Kier molecular flexibility index (Phi) is 7.00. The maximum Gasteiger partial charge on any atom is 0.314 e. The number of piperidine rings is 1. The first-order valence-electron chi connectivity index (χ1n) is 8.07. The highest BCUT2D eigenvalue weighted by Gasteiger charge is 2.29. The Balaban J connectivity index is 1.67. The Morgan fingerprint density at radius 1 is 1.45 bits per heavy atom. The van der Waals surface area contributed by atoms with Crippen molar-refractivity contribution < 1.29 is 19.2 Å². The average Bonchev–Trinajstić information content (AvgIpc) is 2.52. The van der Waals surface area contributed by atoms with Gasteiger partial charge in [-0.1, -0.05) is 17.7 Å². The van der Waals surface area contributed by atoms with Gasteiger partial charge >= 0.3 is 5.97 Å². The number of hydrogen-bond acceptors (Lipinski definition) is 3. The molecule has 0 amide bonds. The van der Waals surface area contributed by atoms with Crippen LogP contribution in [0.2, 0.25) is 5.02 Å². The molecule has 1 aliphatic heterocycles. The zero-order valence-electron chi connectivity index (χ0n) is 13.1. The summed E-state index contributed by atoms with van der Waals surface area (Å²) in [5.74, 6) is 0.845. The fraction of sp³-hybridized carbons (Fsp3) is 0.588. The van der Waals surface area contributed by atoms with Crippen LogP contribution in [0.5, 0.6) is 5.75 Å². The molecule has 0 saturated carbocycles. The zero-order valence-corrected chi connectivity index (χ0v) is 13.9. The van der Waals surface area contributed by atoms with E-state index in [1.54, 1.807) is 0 Å². The second-order valence-electron chi connectivity index (χ2n) is 5.70. The molecule has 1 aliphatic rings. The Morgan fingerprint density at radius 3 is 3.09 bits per heavy atom.